The van der Waals surface area contributed by atoms with Crippen LogP contribution in [0.3, 0.4) is 0 Å². The van der Waals surface area contributed by atoms with Gasteiger partial charge in [0, 0.05) is 25.4 Å². The number of carbonyl (C=O) groups excluding carboxylic acids is 1. The summed E-state index contributed by atoms with van der Waals surface area (Å²) in [4.78, 5) is 25.2. The fraction of sp³-hybridized carbons (Fsp3) is 0.867. The molecule has 0 spiro atoms. The number of carboxylic acid groups (broad SMARTS) is 1. The Morgan fingerprint density at radius 2 is 1.58 bits per heavy atom. The topological polar surface area (TPSA) is 57.6 Å². The van der Waals surface area contributed by atoms with E-state index in [0.717, 1.165) is 25.9 Å². The third kappa shape index (κ3) is 2.63. The average Bonchev–Trinajstić information content (AvgIpc) is 3.12. The molecule has 1 amide bonds. The summed E-state index contributed by atoms with van der Waals surface area (Å²) >= 11 is 0. The lowest BCUT2D eigenvalue weighted by Gasteiger charge is -2.31. The highest BCUT2D eigenvalue weighted by atomic mass is 16.4. The first-order chi connectivity index (χ1) is 9.16. The summed E-state index contributed by atoms with van der Waals surface area (Å²) in [6.45, 7) is 1.54. The first-order valence-corrected chi connectivity index (χ1v) is 7.67. The Bertz CT molecular complexity index is 362. The van der Waals surface area contributed by atoms with Crippen molar-refractivity contribution in [1.29, 1.82) is 0 Å². The monoisotopic (exact) mass is 265 g/mol. The van der Waals surface area contributed by atoms with Crippen LogP contribution in [0.15, 0.2) is 0 Å². The molecule has 0 aromatic rings. The van der Waals surface area contributed by atoms with Crippen LogP contribution in [0.4, 0.5) is 0 Å². The second kappa shape index (κ2) is 5.14. The van der Waals surface area contributed by atoms with E-state index in [1.165, 1.54) is 25.7 Å². The number of rotatable bonds is 3. The van der Waals surface area contributed by atoms with Gasteiger partial charge >= 0.3 is 5.97 Å². The molecular weight excluding hydrogens is 242 g/mol. The second-order valence-electron chi connectivity index (χ2n) is 6.50. The van der Waals surface area contributed by atoms with Crippen molar-refractivity contribution in [3.05, 3.63) is 0 Å². The van der Waals surface area contributed by atoms with Gasteiger partial charge in [-0.15, -0.1) is 0 Å². The molecule has 3 rings (SSSR count). The summed E-state index contributed by atoms with van der Waals surface area (Å²) < 4.78 is 0. The predicted octanol–water partition coefficient (Wildman–Crippen LogP) is 2.14. The van der Waals surface area contributed by atoms with Crippen molar-refractivity contribution >= 4 is 11.9 Å². The summed E-state index contributed by atoms with van der Waals surface area (Å²) in [5, 5.41) is 8.80. The van der Waals surface area contributed by atoms with Crippen LogP contribution in [-0.2, 0) is 9.59 Å². The average molecular weight is 265 g/mol. The Kier molecular flexibility index (Phi) is 3.50. The molecule has 2 aliphatic carbocycles. The summed E-state index contributed by atoms with van der Waals surface area (Å²) in [6.07, 6.45) is 7.07. The van der Waals surface area contributed by atoms with E-state index in [0.29, 0.717) is 23.7 Å². The molecule has 0 aromatic heterocycles. The molecule has 106 valence electrons. The maximum atomic E-state index is 12.5. The van der Waals surface area contributed by atoms with E-state index in [4.69, 9.17) is 5.11 Å². The van der Waals surface area contributed by atoms with Crippen LogP contribution in [0, 0.1) is 23.7 Å². The van der Waals surface area contributed by atoms with Gasteiger partial charge in [-0.05, 0) is 43.4 Å². The number of piperidine rings is 1. The van der Waals surface area contributed by atoms with Crippen molar-refractivity contribution in [1.82, 2.24) is 4.90 Å². The minimum Gasteiger partial charge on any atom is -0.481 e. The predicted molar refractivity (Wildman–Crippen MR) is 70.5 cm³/mol. The van der Waals surface area contributed by atoms with E-state index < -0.39 is 5.97 Å². The SMILES string of the molecule is O=C(O)CC1CCN(C(=O)C2C3CCCCC32)CC1. The van der Waals surface area contributed by atoms with E-state index in [-0.39, 0.29) is 12.3 Å². The van der Waals surface area contributed by atoms with Crippen LogP contribution < -0.4 is 0 Å². The Morgan fingerprint density at radius 3 is 2.11 bits per heavy atom. The molecule has 19 heavy (non-hydrogen) atoms. The lowest BCUT2D eigenvalue weighted by molar-refractivity contribution is -0.139. The third-order valence-electron chi connectivity index (χ3n) is 5.33. The van der Waals surface area contributed by atoms with Crippen LogP contribution in [0.2, 0.25) is 0 Å². The molecule has 4 heteroatoms. The van der Waals surface area contributed by atoms with Crippen molar-refractivity contribution in [2.75, 3.05) is 13.1 Å². The quantitative estimate of drug-likeness (QED) is 0.850. The van der Waals surface area contributed by atoms with Gasteiger partial charge in [0.2, 0.25) is 5.91 Å². The van der Waals surface area contributed by atoms with Gasteiger partial charge in [-0.25, -0.2) is 0 Å². The first kappa shape index (κ1) is 12.9. The van der Waals surface area contributed by atoms with Gasteiger partial charge in [0.05, 0.1) is 0 Å². The van der Waals surface area contributed by atoms with Crippen molar-refractivity contribution in [3.8, 4) is 0 Å². The molecule has 2 saturated carbocycles. The molecule has 0 bridgehead atoms. The number of carbonyl (C=O) groups is 2. The molecule has 2 unspecified atom stereocenters. The number of likely N-dealkylation sites (tertiary alicyclic amines) is 1. The van der Waals surface area contributed by atoms with Crippen LogP contribution in [-0.4, -0.2) is 35.0 Å². The van der Waals surface area contributed by atoms with Crippen LogP contribution in [0.25, 0.3) is 0 Å². The van der Waals surface area contributed by atoms with E-state index in [2.05, 4.69) is 0 Å². The Balaban J connectivity index is 1.49. The van der Waals surface area contributed by atoms with Gasteiger partial charge in [0.1, 0.15) is 0 Å². The van der Waals surface area contributed by atoms with E-state index >= 15 is 0 Å². The summed E-state index contributed by atoms with van der Waals surface area (Å²) in [7, 11) is 0. The third-order valence-corrected chi connectivity index (χ3v) is 5.33. The number of aliphatic carboxylic acids is 1. The molecule has 1 saturated heterocycles. The maximum absolute atomic E-state index is 12.5. The normalized spacial score (nSPS) is 34.7. The van der Waals surface area contributed by atoms with Gasteiger partial charge in [-0.2, -0.15) is 0 Å². The van der Waals surface area contributed by atoms with Crippen LogP contribution in [0.5, 0.6) is 0 Å². The van der Waals surface area contributed by atoms with Crippen molar-refractivity contribution < 1.29 is 14.7 Å². The zero-order chi connectivity index (χ0) is 13.4. The zero-order valence-corrected chi connectivity index (χ0v) is 11.4. The molecule has 2 atom stereocenters. The summed E-state index contributed by atoms with van der Waals surface area (Å²) in [5.41, 5.74) is 0. The van der Waals surface area contributed by atoms with E-state index in [9.17, 15) is 9.59 Å². The van der Waals surface area contributed by atoms with Gasteiger partial charge in [0.25, 0.3) is 0 Å². The standard InChI is InChI=1S/C15H23NO3/c17-13(18)9-10-5-7-16(8-6-10)15(19)14-11-3-1-2-4-12(11)14/h10-12,14H,1-9H2,(H,17,18). The highest BCUT2D eigenvalue weighted by Gasteiger charge is 2.55. The molecule has 0 radical (unpaired) electrons. The summed E-state index contributed by atoms with van der Waals surface area (Å²) in [6, 6.07) is 0. The highest BCUT2D eigenvalue weighted by molar-refractivity contribution is 5.82. The lowest BCUT2D eigenvalue weighted by atomic mass is 9.93. The lowest BCUT2D eigenvalue weighted by Crippen LogP contribution is -2.40. The van der Waals surface area contributed by atoms with Gasteiger partial charge in [-0.3, -0.25) is 9.59 Å². The Hall–Kier alpha value is -1.06. The Labute approximate surface area is 114 Å². The second-order valence-corrected chi connectivity index (χ2v) is 6.50. The fourth-order valence-electron chi connectivity index (χ4n) is 4.17. The number of carboxylic acids is 1. The number of nitrogens with zero attached hydrogens (tertiary/aromatic N) is 1. The minimum atomic E-state index is -0.710. The van der Waals surface area contributed by atoms with Crippen LogP contribution >= 0.6 is 0 Å². The number of hydrogen-bond donors (Lipinski definition) is 1. The first-order valence-electron chi connectivity index (χ1n) is 7.67. The molecule has 4 nitrogen and oxygen atoms in total. The molecule has 0 aromatic carbocycles. The molecular formula is C15H23NO3. The molecule has 3 aliphatic rings. The molecule has 1 aliphatic heterocycles. The summed E-state index contributed by atoms with van der Waals surface area (Å²) in [5.74, 6) is 1.60. The Morgan fingerprint density at radius 1 is 1.00 bits per heavy atom. The van der Waals surface area contributed by atoms with E-state index in [1.807, 2.05) is 4.90 Å². The maximum Gasteiger partial charge on any atom is 0.303 e. The van der Waals surface area contributed by atoms with Crippen molar-refractivity contribution in [2.45, 2.75) is 44.9 Å². The molecule has 1 heterocycles. The van der Waals surface area contributed by atoms with Crippen LogP contribution in [0.1, 0.15) is 44.9 Å². The molecule has 1 N–H and O–H groups in total. The number of hydrogen-bond acceptors (Lipinski definition) is 2. The van der Waals surface area contributed by atoms with Crippen molar-refractivity contribution in [3.63, 3.8) is 0 Å². The smallest absolute Gasteiger partial charge is 0.303 e. The minimum absolute atomic E-state index is 0.261. The largest absolute Gasteiger partial charge is 0.481 e. The van der Waals surface area contributed by atoms with Gasteiger partial charge in [0.15, 0.2) is 0 Å². The van der Waals surface area contributed by atoms with Gasteiger partial charge in [-0.1, -0.05) is 12.8 Å². The van der Waals surface area contributed by atoms with E-state index in [1.54, 1.807) is 0 Å². The number of amides is 1. The number of fused-ring (bicyclic) bond motifs is 1. The zero-order valence-electron chi connectivity index (χ0n) is 11.4. The van der Waals surface area contributed by atoms with Gasteiger partial charge < -0.3 is 10.0 Å². The molecule has 3 fully saturated rings. The van der Waals surface area contributed by atoms with Crippen molar-refractivity contribution in [2.24, 2.45) is 23.7 Å². The fourth-order valence-corrected chi connectivity index (χ4v) is 4.17. The highest BCUT2D eigenvalue weighted by Crippen LogP contribution is 2.56.